The van der Waals surface area contributed by atoms with E-state index in [4.69, 9.17) is 0 Å². The zero-order valence-electron chi connectivity index (χ0n) is 8.65. The summed E-state index contributed by atoms with van der Waals surface area (Å²) in [7, 11) is 0. The second-order valence-corrected chi connectivity index (χ2v) is 5.41. The van der Waals surface area contributed by atoms with Crippen molar-refractivity contribution in [2.75, 3.05) is 11.5 Å². The smallest absolute Gasteiger partial charge is 0.115 e. The standard InChI is InChI=1S/C12H16O2S/c13-11-3-1-2-10(8-11)9-12(14)4-6-15-7-5-12/h1-3,8,13-14H,4-7,9H2. The summed E-state index contributed by atoms with van der Waals surface area (Å²) in [6.45, 7) is 0. The number of aliphatic hydroxyl groups is 1. The lowest BCUT2D eigenvalue weighted by Crippen LogP contribution is -2.35. The number of thioether (sulfide) groups is 1. The Balaban J connectivity index is 2.06. The highest BCUT2D eigenvalue weighted by atomic mass is 32.2. The Kier molecular flexibility index (Phi) is 3.22. The molecule has 0 atom stereocenters. The molecule has 1 aromatic carbocycles. The zero-order valence-corrected chi connectivity index (χ0v) is 9.46. The summed E-state index contributed by atoms with van der Waals surface area (Å²) >= 11 is 1.90. The average molecular weight is 224 g/mol. The molecule has 1 aromatic rings. The Morgan fingerprint density at radius 3 is 2.67 bits per heavy atom. The molecule has 0 amide bonds. The van der Waals surface area contributed by atoms with Crippen LogP contribution < -0.4 is 0 Å². The van der Waals surface area contributed by atoms with Crippen molar-refractivity contribution in [3.8, 4) is 5.75 Å². The van der Waals surface area contributed by atoms with E-state index in [1.807, 2.05) is 23.9 Å². The van der Waals surface area contributed by atoms with Gasteiger partial charge < -0.3 is 10.2 Å². The fourth-order valence-electron chi connectivity index (χ4n) is 1.97. The first kappa shape index (κ1) is 10.8. The van der Waals surface area contributed by atoms with E-state index in [1.54, 1.807) is 12.1 Å². The molecule has 2 N–H and O–H groups in total. The van der Waals surface area contributed by atoms with Gasteiger partial charge in [-0.05, 0) is 42.0 Å². The molecule has 1 aliphatic rings. The lowest BCUT2D eigenvalue weighted by molar-refractivity contribution is 0.0323. The predicted molar refractivity (Wildman–Crippen MR) is 63.3 cm³/mol. The Labute approximate surface area is 94.3 Å². The molecule has 0 unspecified atom stereocenters. The van der Waals surface area contributed by atoms with E-state index in [2.05, 4.69) is 0 Å². The van der Waals surface area contributed by atoms with E-state index >= 15 is 0 Å². The molecule has 82 valence electrons. The quantitative estimate of drug-likeness (QED) is 0.809. The van der Waals surface area contributed by atoms with Gasteiger partial charge >= 0.3 is 0 Å². The van der Waals surface area contributed by atoms with Crippen molar-refractivity contribution in [2.45, 2.75) is 24.9 Å². The fourth-order valence-corrected chi connectivity index (χ4v) is 3.23. The highest BCUT2D eigenvalue weighted by Gasteiger charge is 2.29. The normalized spacial score (nSPS) is 20.1. The first-order valence-electron chi connectivity index (χ1n) is 5.26. The minimum absolute atomic E-state index is 0.279. The van der Waals surface area contributed by atoms with Gasteiger partial charge in [0.1, 0.15) is 5.75 Å². The molecule has 0 spiro atoms. The van der Waals surface area contributed by atoms with Crippen LogP contribution in [0.5, 0.6) is 5.75 Å². The van der Waals surface area contributed by atoms with Crippen LogP contribution in [-0.2, 0) is 6.42 Å². The van der Waals surface area contributed by atoms with Gasteiger partial charge in [0.2, 0.25) is 0 Å². The fraction of sp³-hybridized carbons (Fsp3) is 0.500. The van der Waals surface area contributed by atoms with E-state index in [1.165, 1.54) is 0 Å². The van der Waals surface area contributed by atoms with Crippen LogP contribution in [0.25, 0.3) is 0 Å². The highest BCUT2D eigenvalue weighted by Crippen LogP contribution is 2.30. The Hall–Kier alpha value is -0.670. The topological polar surface area (TPSA) is 40.5 Å². The van der Waals surface area contributed by atoms with Gasteiger partial charge in [0.25, 0.3) is 0 Å². The first-order chi connectivity index (χ1) is 7.18. The number of hydrogen-bond donors (Lipinski definition) is 2. The summed E-state index contributed by atoms with van der Waals surface area (Å²) < 4.78 is 0. The Morgan fingerprint density at radius 2 is 2.00 bits per heavy atom. The molecule has 1 aliphatic heterocycles. The van der Waals surface area contributed by atoms with E-state index < -0.39 is 5.60 Å². The molecule has 0 bridgehead atoms. The molecule has 0 radical (unpaired) electrons. The average Bonchev–Trinajstić information content (AvgIpc) is 2.18. The van der Waals surface area contributed by atoms with Gasteiger partial charge in [0.05, 0.1) is 5.60 Å². The minimum atomic E-state index is -0.557. The second kappa shape index (κ2) is 4.45. The molecule has 1 fully saturated rings. The molecule has 1 saturated heterocycles. The summed E-state index contributed by atoms with van der Waals surface area (Å²) in [5.74, 6) is 2.35. The lowest BCUT2D eigenvalue weighted by Gasteiger charge is -2.31. The molecule has 0 aromatic heterocycles. The lowest BCUT2D eigenvalue weighted by atomic mass is 9.89. The van der Waals surface area contributed by atoms with Gasteiger partial charge in [-0.15, -0.1) is 0 Å². The number of phenols is 1. The van der Waals surface area contributed by atoms with Crippen LogP contribution in [0.15, 0.2) is 24.3 Å². The number of aromatic hydroxyl groups is 1. The van der Waals surface area contributed by atoms with Crippen molar-refractivity contribution in [3.05, 3.63) is 29.8 Å². The van der Waals surface area contributed by atoms with Gasteiger partial charge in [0, 0.05) is 6.42 Å². The molecule has 3 heteroatoms. The van der Waals surface area contributed by atoms with Gasteiger partial charge in [-0.2, -0.15) is 11.8 Å². The zero-order chi connectivity index (χ0) is 10.7. The molecule has 0 saturated carbocycles. The molecule has 2 rings (SSSR count). The largest absolute Gasteiger partial charge is 0.508 e. The van der Waals surface area contributed by atoms with Crippen LogP contribution >= 0.6 is 11.8 Å². The molecular weight excluding hydrogens is 208 g/mol. The van der Waals surface area contributed by atoms with Gasteiger partial charge in [0.15, 0.2) is 0 Å². The van der Waals surface area contributed by atoms with Crippen LogP contribution in [0.3, 0.4) is 0 Å². The van der Waals surface area contributed by atoms with Crippen molar-refractivity contribution in [2.24, 2.45) is 0 Å². The first-order valence-corrected chi connectivity index (χ1v) is 6.41. The SMILES string of the molecule is Oc1cccc(CC2(O)CCSCC2)c1. The van der Waals surface area contributed by atoms with Crippen molar-refractivity contribution >= 4 is 11.8 Å². The maximum absolute atomic E-state index is 10.3. The Morgan fingerprint density at radius 1 is 1.27 bits per heavy atom. The van der Waals surface area contributed by atoms with Crippen LogP contribution in [0, 0.1) is 0 Å². The van der Waals surface area contributed by atoms with Crippen molar-refractivity contribution in [1.82, 2.24) is 0 Å². The van der Waals surface area contributed by atoms with Crippen molar-refractivity contribution < 1.29 is 10.2 Å². The van der Waals surface area contributed by atoms with E-state index in [-0.39, 0.29) is 5.75 Å². The number of benzene rings is 1. The van der Waals surface area contributed by atoms with Crippen LogP contribution in [0.1, 0.15) is 18.4 Å². The number of hydrogen-bond acceptors (Lipinski definition) is 3. The van der Waals surface area contributed by atoms with Crippen LogP contribution in [-0.4, -0.2) is 27.3 Å². The summed E-state index contributed by atoms with van der Waals surface area (Å²) in [5, 5.41) is 19.7. The minimum Gasteiger partial charge on any atom is -0.508 e. The summed E-state index contributed by atoms with van der Waals surface area (Å²) in [6.07, 6.45) is 2.36. The predicted octanol–water partition coefficient (Wildman–Crippen LogP) is 2.19. The van der Waals surface area contributed by atoms with Gasteiger partial charge in [-0.3, -0.25) is 0 Å². The van der Waals surface area contributed by atoms with E-state index in [9.17, 15) is 10.2 Å². The molecular formula is C12H16O2S. The monoisotopic (exact) mass is 224 g/mol. The summed E-state index contributed by atoms with van der Waals surface area (Å²) in [5.41, 5.74) is 0.461. The number of phenolic OH excluding ortho intramolecular Hbond substituents is 1. The van der Waals surface area contributed by atoms with E-state index in [0.29, 0.717) is 6.42 Å². The third-order valence-electron chi connectivity index (χ3n) is 2.87. The third kappa shape index (κ3) is 2.89. The Bertz CT molecular complexity index is 332. The summed E-state index contributed by atoms with van der Waals surface area (Å²) in [6, 6.07) is 7.18. The molecule has 15 heavy (non-hydrogen) atoms. The number of rotatable bonds is 2. The van der Waals surface area contributed by atoms with Crippen molar-refractivity contribution in [1.29, 1.82) is 0 Å². The third-order valence-corrected chi connectivity index (χ3v) is 3.85. The van der Waals surface area contributed by atoms with Gasteiger partial charge in [-0.25, -0.2) is 0 Å². The maximum atomic E-state index is 10.3. The molecule has 2 nitrogen and oxygen atoms in total. The van der Waals surface area contributed by atoms with Crippen LogP contribution in [0.2, 0.25) is 0 Å². The van der Waals surface area contributed by atoms with Gasteiger partial charge in [-0.1, -0.05) is 12.1 Å². The molecule has 0 aliphatic carbocycles. The summed E-state index contributed by atoms with van der Waals surface area (Å²) in [4.78, 5) is 0. The molecule has 1 heterocycles. The second-order valence-electron chi connectivity index (χ2n) is 4.18. The van der Waals surface area contributed by atoms with E-state index in [0.717, 1.165) is 29.9 Å². The maximum Gasteiger partial charge on any atom is 0.115 e. The van der Waals surface area contributed by atoms with Crippen LogP contribution in [0.4, 0.5) is 0 Å². The van der Waals surface area contributed by atoms with Crippen molar-refractivity contribution in [3.63, 3.8) is 0 Å². The highest BCUT2D eigenvalue weighted by molar-refractivity contribution is 7.99.